The van der Waals surface area contributed by atoms with Crippen LogP contribution < -0.4 is 10.5 Å². The Balaban J connectivity index is 2.27. The average molecular weight is 298 g/mol. The molecule has 0 aromatic heterocycles. The zero-order valence-electron chi connectivity index (χ0n) is 11.5. The number of benzene rings is 1. The molecule has 0 atom stereocenters. The highest BCUT2D eigenvalue weighted by atomic mass is 32.1. The van der Waals surface area contributed by atoms with Gasteiger partial charge in [0.15, 0.2) is 0 Å². The molecule has 112 valence electrons. The van der Waals surface area contributed by atoms with Crippen molar-refractivity contribution in [3.8, 4) is 5.75 Å². The maximum Gasteiger partial charge on any atom is 0.119 e. The molecule has 0 saturated carbocycles. The van der Waals surface area contributed by atoms with Crippen molar-refractivity contribution in [3.05, 3.63) is 29.8 Å². The van der Waals surface area contributed by atoms with E-state index in [2.05, 4.69) is 0 Å². The Morgan fingerprint density at radius 3 is 2.20 bits per heavy atom. The summed E-state index contributed by atoms with van der Waals surface area (Å²) in [5.74, 6) is 0.779. The van der Waals surface area contributed by atoms with Crippen LogP contribution in [0.3, 0.4) is 0 Å². The van der Waals surface area contributed by atoms with Gasteiger partial charge in [-0.3, -0.25) is 4.90 Å². The highest BCUT2D eigenvalue weighted by molar-refractivity contribution is 7.80. The van der Waals surface area contributed by atoms with E-state index in [1.54, 1.807) is 0 Å². The number of nitrogens with two attached hydrogens (primary N) is 1. The first-order valence-electron chi connectivity index (χ1n) is 6.64. The van der Waals surface area contributed by atoms with Crippen LogP contribution in [0, 0.1) is 0 Å². The van der Waals surface area contributed by atoms with Crippen LogP contribution in [0.25, 0.3) is 0 Å². The van der Waals surface area contributed by atoms with Gasteiger partial charge in [-0.1, -0.05) is 12.2 Å². The molecule has 0 fully saturated rings. The molecule has 0 unspecified atom stereocenters. The van der Waals surface area contributed by atoms with Crippen molar-refractivity contribution in [2.45, 2.75) is 6.42 Å². The van der Waals surface area contributed by atoms with Crippen molar-refractivity contribution in [3.63, 3.8) is 0 Å². The van der Waals surface area contributed by atoms with E-state index in [4.69, 9.17) is 32.9 Å². The molecule has 0 aliphatic carbocycles. The average Bonchev–Trinajstić information content (AvgIpc) is 2.44. The van der Waals surface area contributed by atoms with Crippen LogP contribution in [0.15, 0.2) is 24.3 Å². The summed E-state index contributed by atoms with van der Waals surface area (Å²) >= 11 is 4.88. The van der Waals surface area contributed by atoms with Gasteiger partial charge in [0.05, 0.1) is 19.8 Å². The highest BCUT2D eigenvalue weighted by Crippen LogP contribution is 2.12. The zero-order valence-corrected chi connectivity index (χ0v) is 12.3. The molecule has 6 heteroatoms. The highest BCUT2D eigenvalue weighted by Gasteiger charge is 2.03. The first kappa shape index (κ1) is 16.8. The van der Waals surface area contributed by atoms with Gasteiger partial charge < -0.3 is 20.7 Å². The number of nitrogens with zero attached hydrogens (tertiary/aromatic N) is 1. The van der Waals surface area contributed by atoms with Gasteiger partial charge in [0.25, 0.3) is 0 Å². The van der Waals surface area contributed by atoms with Gasteiger partial charge in [-0.15, -0.1) is 0 Å². The van der Waals surface area contributed by atoms with Crippen LogP contribution in [0.5, 0.6) is 5.75 Å². The smallest absolute Gasteiger partial charge is 0.119 e. The van der Waals surface area contributed by atoms with Gasteiger partial charge in [0.1, 0.15) is 10.7 Å². The van der Waals surface area contributed by atoms with E-state index in [1.165, 1.54) is 0 Å². The maximum absolute atomic E-state index is 8.89. The first-order valence-corrected chi connectivity index (χ1v) is 7.05. The maximum atomic E-state index is 8.89. The van der Waals surface area contributed by atoms with Gasteiger partial charge in [-0.05, 0) is 30.7 Å². The van der Waals surface area contributed by atoms with E-state index in [-0.39, 0.29) is 13.2 Å². The van der Waals surface area contributed by atoms with E-state index < -0.39 is 0 Å². The molecule has 1 aromatic carbocycles. The largest absolute Gasteiger partial charge is 0.494 e. The molecule has 1 aromatic rings. The van der Waals surface area contributed by atoms with E-state index in [9.17, 15) is 0 Å². The molecule has 0 aliphatic heterocycles. The summed E-state index contributed by atoms with van der Waals surface area (Å²) in [6.07, 6.45) is 0.830. The second-order valence-corrected chi connectivity index (χ2v) is 4.82. The minimum absolute atomic E-state index is 0.0985. The standard InChI is InChI=1S/C14H22N2O3S/c15-14(20)12-2-4-13(5-3-12)19-11-1-6-16(7-9-17)8-10-18/h2-5,17-18H,1,6-11H2,(H2,15,20). The molecule has 20 heavy (non-hydrogen) atoms. The van der Waals surface area contributed by atoms with Crippen molar-refractivity contribution < 1.29 is 14.9 Å². The number of ether oxygens (including phenoxy) is 1. The first-order chi connectivity index (χ1) is 9.67. The molecule has 1 rings (SSSR count). The van der Waals surface area contributed by atoms with Gasteiger partial charge in [-0.25, -0.2) is 0 Å². The molecule has 4 N–H and O–H groups in total. The Morgan fingerprint density at radius 1 is 1.10 bits per heavy atom. The Labute approximate surface area is 125 Å². The third-order valence-corrected chi connectivity index (χ3v) is 3.09. The molecule has 0 bridgehead atoms. The monoisotopic (exact) mass is 298 g/mol. The number of hydrogen-bond acceptors (Lipinski definition) is 5. The Bertz CT molecular complexity index is 392. The molecule has 5 nitrogen and oxygen atoms in total. The number of thiocarbonyl (C=S) groups is 1. The van der Waals surface area contributed by atoms with Crippen LogP contribution in [0.4, 0.5) is 0 Å². The van der Waals surface area contributed by atoms with Crippen LogP contribution in [-0.2, 0) is 0 Å². The predicted octanol–water partition coefficient (Wildman–Crippen LogP) is 0.376. The van der Waals surface area contributed by atoms with E-state index in [0.717, 1.165) is 24.3 Å². The summed E-state index contributed by atoms with van der Waals surface area (Å²) < 4.78 is 5.61. The second kappa shape index (κ2) is 9.66. The number of rotatable bonds is 10. The van der Waals surface area contributed by atoms with Crippen molar-refractivity contribution in [1.82, 2.24) is 4.90 Å². The number of aliphatic hydroxyl groups is 2. The molecule has 0 spiro atoms. The molecule has 0 radical (unpaired) electrons. The SMILES string of the molecule is NC(=S)c1ccc(OCCCN(CCO)CCO)cc1. The van der Waals surface area contributed by atoms with Crippen LogP contribution >= 0.6 is 12.2 Å². The predicted molar refractivity (Wildman–Crippen MR) is 83.1 cm³/mol. The Morgan fingerprint density at radius 2 is 1.70 bits per heavy atom. The summed E-state index contributed by atoms with van der Waals surface area (Å²) in [7, 11) is 0. The van der Waals surface area contributed by atoms with E-state index in [0.29, 0.717) is 24.7 Å². The molecular weight excluding hydrogens is 276 g/mol. The molecule has 0 aliphatic rings. The van der Waals surface area contributed by atoms with Crippen LogP contribution in [0.1, 0.15) is 12.0 Å². The van der Waals surface area contributed by atoms with Crippen molar-refractivity contribution in [2.75, 3.05) is 39.5 Å². The molecular formula is C14H22N2O3S. The lowest BCUT2D eigenvalue weighted by Gasteiger charge is -2.19. The second-order valence-electron chi connectivity index (χ2n) is 4.38. The molecule has 0 amide bonds. The summed E-state index contributed by atoms with van der Waals surface area (Å²) in [6, 6.07) is 7.35. The lowest BCUT2D eigenvalue weighted by atomic mass is 10.2. The minimum Gasteiger partial charge on any atom is -0.494 e. The fourth-order valence-corrected chi connectivity index (χ4v) is 1.95. The Kier molecular flexibility index (Phi) is 8.13. The summed E-state index contributed by atoms with van der Waals surface area (Å²) in [6.45, 7) is 2.71. The topological polar surface area (TPSA) is 79.0 Å². The summed E-state index contributed by atoms with van der Waals surface area (Å²) in [4.78, 5) is 2.37. The number of aliphatic hydroxyl groups excluding tert-OH is 2. The Hall–Kier alpha value is -1.21. The molecule has 0 saturated heterocycles. The minimum atomic E-state index is 0.0985. The third kappa shape index (κ3) is 6.29. The zero-order chi connectivity index (χ0) is 14.8. The summed E-state index contributed by atoms with van der Waals surface area (Å²) in [5.41, 5.74) is 6.34. The quantitative estimate of drug-likeness (QED) is 0.428. The van der Waals surface area contributed by atoms with Crippen molar-refractivity contribution >= 4 is 17.2 Å². The van der Waals surface area contributed by atoms with E-state index >= 15 is 0 Å². The fraction of sp³-hybridized carbons (Fsp3) is 0.500. The fourth-order valence-electron chi connectivity index (χ4n) is 1.81. The van der Waals surface area contributed by atoms with E-state index in [1.807, 2.05) is 29.2 Å². The summed E-state index contributed by atoms with van der Waals surface area (Å²) in [5, 5.41) is 17.8. The van der Waals surface area contributed by atoms with Crippen molar-refractivity contribution in [1.29, 1.82) is 0 Å². The number of hydrogen-bond donors (Lipinski definition) is 3. The molecule has 0 heterocycles. The lowest BCUT2D eigenvalue weighted by Crippen LogP contribution is -2.31. The normalized spacial score (nSPS) is 10.8. The van der Waals surface area contributed by atoms with Gasteiger partial charge >= 0.3 is 0 Å². The van der Waals surface area contributed by atoms with Gasteiger partial charge in [0, 0.05) is 25.2 Å². The third-order valence-electron chi connectivity index (χ3n) is 2.86. The van der Waals surface area contributed by atoms with Crippen LogP contribution in [-0.4, -0.2) is 59.6 Å². The van der Waals surface area contributed by atoms with Crippen LogP contribution in [0.2, 0.25) is 0 Å². The van der Waals surface area contributed by atoms with Gasteiger partial charge in [0.2, 0.25) is 0 Å². The van der Waals surface area contributed by atoms with Gasteiger partial charge in [-0.2, -0.15) is 0 Å². The van der Waals surface area contributed by atoms with Crippen molar-refractivity contribution in [2.24, 2.45) is 5.73 Å². The lowest BCUT2D eigenvalue weighted by molar-refractivity contribution is 0.153.